The van der Waals surface area contributed by atoms with Crippen LogP contribution in [0, 0.1) is 6.92 Å². The lowest BCUT2D eigenvalue weighted by molar-refractivity contribution is 0.471. The summed E-state index contributed by atoms with van der Waals surface area (Å²) in [4.78, 5) is 0. The van der Waals surface area contributed by atoms with Gasteiger partial charge in [-0.1, -0.05) is 102 Å². The molecule has 0 atom stereocenters. The summed E-state index contributed by atoms with van der Waals surface area (Å²) in [7, 11) is -3.74. The van der Waals surface area contributed by atoms with Crippen molar-refractivity contribution in [1.29, 1.82) is 0 Å². The predicted molar refractivity (Wildman–Crippen MR) is 115 cm³/mol. The lowest BCUT2D eigenvalue weighted by atomic mass is 10.1. The summed E-state index contributed by atoms with van der Waals surface area (Å²) in [6.07, 6.45) is 15.9. The molecule has 5 heteroatoms. The molecule has 1 rings (SSSR count). The van der Waals surface area contributed by atoms with Crippen LogP contribution in [-0.4, -0.2) is 23.8 Å². The second-order valence-corrected chi connectivity index (χ2v) is 8.89. The number of rotatable bonds is 14. The van der Waals surface area contributed by atoms with Crippen molar-refractivity contribution >= 4 is 10.1 Å². The molecule has 0 amide bonds. The molecule has 158 valence electrons. The average Bonchev–Trinajstić information content (AvgIpc) is 2.61. The van der Waals surface area contributed by atoms with Gasteiger partial charge in [0.05, 0.1) is 5.75 Å². The summed E-state index contributed by atoms with van der Waals surface area (Å²) in [6.45, 7) is 4.12. The zero-order valence-electron chi connectivity index (χ0n) is 17.3. The molecule has 0 heterocycles. The Bertz CT molecular complexity index is 534. The van der Waals surface area contributed by atoms with Crippen molar-refractivity contribution in [3.8, 4) is 5.75 Å². The molecule has 0 fully saturated rings. The first kappa shape index (κ1) is 25.9. The second kappa shape index (κ2) is 17.1. The molecule has 0 saturated heterocycles. The number of hydrogen-bond acceptors (Lipinski definition) is 3. The maximum Gasteiger partial charge on any atom is 0.264 e. The van der Waals surface area contributed by atoms with E-state index in [1.165, 1.54) is 64.2 Å². The highest BCUT2D eigenvalue weighted by molar-refractivity contribution is 7.85. The van der Waals surface area contributed by atoms with Gasteiger partial charge in [-0.15, -0.1) is 0 Å². The van der Waals surface area contributed by atoms with E-state index in [0.717, 1.165) is 18.4 Å². The quantitative estimate of drug-likeness (QED) is 0.270. The van der Waals surface area contributed by atoms with Crippen LogP contribution in [0.4, 0.5) is 0 Å². The Kier molecular flexibility index (Phi) is 16.4. The van der Waals surface area contributed by atoms with Crippen LogP contribution in [-0.2, 0) is 10.1 Å². The standard InChI is InChI=1S/C15H32O3S.C7H8O/c1-2-3-4-5-6-7-8-9-10-11-12-13-14-15-19(16,17)18;1-6-4-2-3-5-7(6)8/h2-15H2,1H3,(H,16,17,18);2-5,8H,1H3. The SMILES string of the molecule is CCCCCCCCCCCCCCCS(=O)(=O)O.Cc1ccccc1O. The van der Waals surface area contributed by atoms with Crippen molar-refractivity contribution in [3.05, 3.63) is 29.8 Å². The molecule has 0 aliphatic carbocycles. The first-order chi connectivity index (χ1) is 12.9. The summed E-state index contributed by atoms with van der Waals surface area (Å²) in [6, 6.07) is 7.25. The van der Waals surface area contributed by atoms with E-state index in [-0.39, 0.29) is 5.75 Å². The van der Waals surface area contributed by atoms with Gasteiger partial charge in [-0.2, -0.15) is 8.42 Å². The highest BCUT2D eigenvalue weighted by Crippen LogP contribution is 2.13. The Morgan fingerprint density at radius 1 is 0.741 bits per heavy atom. The first-order valence-electron chi connectivity index (χ1n) is 10.6. The van der Waals surface area contributed by atoms with Gasteiger partial charge >= 0.3 is 0 Å². The van der Waals surface area contributed by atoms with Gasteiger partial charge in [0.25, 0.3) is 10.1 Å². The van der Waals surface area contributed by atoms with Crippen molar-refractivity contribution < 1.29 is 18.1 Å². The molecular formula is C22H40O4S. The summed E-state index contributed by atoms with van der Waals surface area (Å²) in [5.74, 6) is 0.289. The van der Waals surface area contributed by atoms with E-state index in [1.54, 1.807) is 6.07 Å². The molecular weight excluding hydrogens is 360 g/mol. The fraction of sp³-hybridized carbons (Fsp3) is 0.727. The van der Waals surface area contributed by atoms with Gasteiger partial charge in [-0.3, -0.25) is 4.55 Å². The smallest absolute Gasteiger partial charge is 0.264 e. The fourth-order valence-corrected chi connectivity index (χ4v) is 3.43. The monoisotopic (exact) mass is 400 g/mol. The molecule has 0 aliphatic rings. The van der Waals surface area contributed by atoms with Gasteiger partial charge < -0.3 is 5.11 Å². The van der Waals surface area contributed by atoms with Crippen molar-refractivity contribution in [2.45, 2.75) is 97.3 Å². The zero-order chi connectivity index (χ0) is 20.4. The van der Waals surface area contributed by atoms with Crippen LogP contribution < -0.4 is 0 Å². The summed E-state index contributed by atoms with van der Waals surface area (Å²) >= 11 is 0. The van der Waals surface area contributed by atoms with Gasteiger partial charge in [-0.25, -0.2) is 0 Å². The number of unbranched alkanes of at least 4 members (excludes halogenated alkanes) is 12. The molecule has 0 unspecified atom stereocenters. The van der Waals surface area contributed by atoms with Crippen molar-refractivity contribution in [3.63, 3.8) is 0 Å². The highest BCUT2D eigenvalue weighted by atomic mass is 32.2. The minimum Gasteiger partial charge on any atom is -0.508 e. The van der Waals surface area contributed by atoms with Crippen LogP contribution in [0.25, 0.3) is 0 Å². The van der Waals surface area contributed by atoms with Crippen LogP contribution in [0.5, 0.6) is 5.75 Å². The minimum absolute atomic E-state index is 0.0786. The number of aryl methyl sites for hydroxylation is 1. The third-order valence-corrected chi connectivity index (χ3v) is 5.43. The average molecular weight is 401 g/mol. The Hall–Kier alpha value is -1.07. The molecule has 1 aromatic rings. The van der Waals surface area contributed by atoms with Crippen LogP contribution in [0.2, 0.25) is 0 Å². The molecule has 2 N–H and O–H groups in total. The third-order valence-electron chi connectivity index (χ3n) is 4.62. The number of benzene rings is 1. The van der Waals surface area contributed by atoms with E-state index in [4.69, 9.17) is 9.66 Å². The lowest BCUT2D eigenvalue weighted by Gasteiger charge is -2.02. The molecule has 4 nitrogen and oxygen atoms in total. The third kappa shape index (κ3) is 19.5. The van der Waals surface area contributed by atoms with E-state index in [0.29, 0.717) is 12.2 Å². The number of phenols is 1. The largest absolute Gasteiger partial charge is 0.508 e. The van der Waals surface area contributed by atoms with Gasteiger partial charge in [0.15, 0.2) is 0 Å². The Morgan fingerprint density at radius 2 is 1.15 bits per heavy atom. The van der Waals surface area contributed by atoms with Crippen LogP contribution in [0.1, 0.15) is 96.0 Å². The summed E-state index contributed by atoms with van der Waals surface area (Å²) in [5.41, 5.74) is 0.924. The van der Waals surface area contributed by atoms with Gasteiger partial charge in [-0.05, 0) is 25.0 Å². The number of hydrogen-bond donors (Lipinski definition) is 2. The molecule has 27 heavy (non-hydrogen) atoms. The van der Waals surface area contributed by atoms with E-state index < -0.39 is 10.1 Å². The topological polar surface area (TPSA) is 74.6 Å². The fourth-order valence-electron chi connectivity index (χ4n) is 2.87. The maximum atomic E-state index is 10.5. The van der Waals surface area contributed by atoms with Gasteiger partial charge in [0.1, 0.15) is 5.75 Å². The van der Waals surface area contributed by atoms with Gasteiger partial charge in [0.2, 0.25) is 0 Å². The molecule has 0 bridgehead atoms. The Morgan fingerprint density at radius 3 is 1.48 bits per heavy atom. The number of para-hydroxylation sites is 1. The number of phenolic OH excluding ortho intramolecular Hbond substituents is 1. The van der Waals surface area contributed by atoms with E-state index in [2.05, 4.69) is 6.92 Å². The van der Waals surface area contributed by atoms with Crippen molar-refractivity contribution in [1.82, 2.24) is 0 Å². The van der Waals surface area contributed by atoms with Crippen LogP contribution in [0.15, 0.2) is 24.3 Å². The van der Waals surface area contributed by atoms with E-state index in [9.17, 15) is 8.42 Å². The zero-order valence-corrected chi connectivity index (χ0v) is 18.1. The summed E-state index contributed by atoms with van der Waals surface area (Å²) in [5, 5.41) is 8.92. The molecule has 0 spiro atoms. The van der Waals surface area contributed by atoms with E-state index >= 15 is 0 Å². The van der Waals surface area contributed by atoms with Crippen molar-refractivity contribution in [2.75, 3.05) is 5.75 Å². The van der Waals surface area contributed by atoms with Gasteiger partial charge in [0, 0.05) is 0 Å². The summed E-state index contributed by atoms with van der Waals surface area (Å²) < 4.78 is 29.5. The Labute approximate surface area is 167 Å². The number of aromatic hydroxyl groups is 1. The molecule has 1 aromatic carbocycles. The van der Waals surface area contributed by atoms with Crippen LogP contribution >= 0.6 is 0 Å². The molecule has 0 aliphatic heterocycles. The lowest BCUT2D eigenvalue weighted by Crippen LogP contribution is -2.03. The predicted octanol–water partition coefficient (Wildman–Crippen LogP) is 6.67. The molecule has 0 aromatic heterocycles. The molecule has 0 radical (unpaired) electrons. The first-order valence-corrected chi connectivity index (χ1v) is 12.2. The van der Waals surface area contributed by atoms with Crippen molar-refractivity contribution in [2.24, 2.45) is 0 Å². The highest BCUT2D eigenvalue weighted by Gasteiger charge is 2.02. The Balaban J connectivity index is 0.000000694. The maximum absolute atomic E-state index is 10.5. The minimum atomic E-state index is -3.74. The normalized spacial score (nSPS) is 11.1. The van der Waals surface area contributed by atoms with Crippen LogP contribution in [0.3, 0.4) is 0 Å². The van der Waals surface area contributed by atoms with E-state index in [1.807, 2.05) is 25.1 Å². The molecule has 0 saturated carbocycles. The second-order valence-electron chi connectivity index (χ2n) is 7.32.